The Hall–Kier alpha value is -0.830. The van der Waals surface area contributed by atoms with Crippen LogP contribution in [0.5, 0.6) is 0 Å². The Labute approximate surface area is 114 Å². The third kappa shape index (κ3) is 3.58. The molecule has 2 rings (SSSR count). The lowest BCUT2D eigenvalue weighted by Crippen LogP contribution is -2.27. The topological polar surface area (TPSA) is 37.8 Å². The first kappa shape index (κ1) is 13.6. The Balaban J connectivity index is 1.93. The van der Waals surface area contributed by atoms with Gasteiger partial charge in [0.1, 0.15) is 11.6 Å². The van der Waals surface area contributed by atoms with Crippen LogP contribution in [0.25, 0.3) is 0 Å². The normalized spacial score (nSPS) is 23.9. The highest BCUT2D eigenvalue weighted by Gasteiger charge is 2.24. The summed E-state index contributed by atoms with van der Waals surface area (Å²) in [6.45, 7) is 4.91. The average molecular weight is 268 g/mol. The lowest BCUT2D eigenvalue weighted by molar-refractivity contribution is 0.272. The van der Waals surface area contributed by atoms with Gasteiger partial charge in [-0.25, -0.2) is 9.97 Å². The molecule has 1 N–H and O–H groups in total. The highest BCUT2D eigenvalue weighted by molar-refractivity contribution is 6.18. The van der Waals surface area contributed by atoms with Gasteiger partial charge in [-0.05, 0) is 38.5 Å². The molecule has 0 radical (unpaired) electrons. The van der Waals surface area contributed by atoms with Crippen molar-refractivity contribution in [2.75, 3.05) is 17.7 Å². The molecule has 1 heterocycles. The molecule has 1 fully saturated rings. The van der Waals surface area contributed by atoms with Gasteiger partial charge < -0.3 is 5.32 Å². The first-order chi connectivity index (χ1) is 8.69. The number of alkyl halides is 1. The van der Waals surface area contributed by atoms with Crippen molar-refractivity contribution in [2.24, 2.45) is 11.8 Å². The molecule has 100 valence electrons. The molecule has 1 aromatic rings. The number of anilines is 1. The van der Waals surface area contributed by atoms with E-state index < -0.39 is 0 Å². The fourth-order valence-corrected chi connectivity index (χ4v) is 3.21. The molecule has 1 aromatic heterocycles. The van der Waals surface area contributed by atoms with Crippen LogP contribution in [-0.4, -0.2) is 22.4 Å². The van der Waals surface area contributed by atoms with Crippen molar-refractivity contribution in [3.05, 3.63) is 17.6 Å². The van der Waals surface area contributed by atoms with Gasteiger partial charge in [-0.15, -0.1) is 11.6 Å². The number of halogens is 1. The maximum Gasteiger partial charge on any atom is 0.129 e. The zero-order valence-corrected chi connectivity index (χ0v) is 12.0. The minimum absolute atomic E-state index is 0.664. The van der Waals surface area contributed by atoms with Gasteiger partial charge in [-0.1, -0.05) is 12.8 Å². The van der Waals surface area contributed by atoms with Crippen molar-refractivity contribution in [3.8, 4) is 0 Å². The van der Waals surface area contributed by atoms with Gasteiger partial charge in [0.2, 0.25) is 0 Å². The van der Waals surface area contributed by atoms with Crippen molar-refractivity contribution >= 4 is 17.4 Å². The summed E-state index contributed by atoms with van der Waals surface area (Å²) < 4.78 is 0. The molecule has 18 heavy (non-hydrogen) atoms. The van der Waals surface area contributed by atoms with Crippen LogP contribution in [0.4, 0.5) is 5.82 Å². The van der Waals surface area contributed by atoms with Gasteiger partial charge >= 0.3 is 0 Å². The molecule has 3 nitrogen and oxygen atoms in total. The summed E-state index contributed by atoms with van der Waals surface area (Å²) in [5.41, 5.74) is 1.02. The molecule has 4 heteroatoms. The third-order valence-electron chi connectivity index (χ3n) is 3.78. The number of nitrogens with zero attached hydrogens (tertiary/aromatic N) is 2. The first-order valence-corrected chi connectivity index (χ1v) is 7.34. The molecule has 0 amide bonds. The summed E-state index contributed by atoms with van der Waals surface area (Å²) in [5, 5.41) is 3.45. The summed E-state index contributed by atoms with van der Waals surface area (Å²) in [4.78, 5) is 8.70. The summed E-state index contributed by atoms with van der Waals surface area (Å²) in [6, 6.07) is 2.01. The Morgan fingerprint density at radius 3 is 2.61 bits per heavy atom. The van der Waals surface area contributed by atoms with E-state index in [1.165, 1.54) is 25.7 Å². The van der Waals surface area contributed by atoms with Crippen molar-refractivity contribution in [1.29, 1.82) is 0 Å². The molecular weight excluding hydrogens is 246 g/mol. The monoisotopic (exact) mass is 267 g/mol. The predicted molar refractivity (Wildman–Crippen MR) is 76.2 cm³/mol. The number of rotatable bonds is 4. The van der Waals surface area contributed by atoms with Crippen molar-refractivity contribution in [1.82, 2.24) is 9.97 Å². The fraction of sp³-hybridized carbons (Fsp3) is 0.714. The Kier molecular flexibility index (Phi) is 4.81. The van der Waals surface area contributed by atoms with Crippen LogP contribution in [0.1, 0.15) is 37.2 Å². The smallest absolute Gasteiger partial charge is 0.129 e. The molecule has 0 bridgehead atoms. The van der Waals surface area contributed by atoms with Crippen molar-refractivity contribution < 1.29 is 0 Å². The van der Waals surface area contributed by atoms with Crippen LogP contribution in [0, 0.1) is 25.7 Å². The Morgan fingerprint density at radius 2 is 1.94 bits per heavy atom. The molecule has 1 aliphatic carbocycles. The van der Waals surface area contributed by atoms with Gasteiger partial charge in [0, 0.05) is 24.2 Å². The number of hydrogen-bond donors (Lipinski definition) is 1. The fourth-order valence-electron chi connectivity index (χ4n) is 2.80. The highest BCUT2D eigenvalue weighted by atomic mass is 35.5. The number of hydrogen-bond acceptors (Lipinski definition) is 3. The zero-order valence-electron chi connectivity index (χ0n) is 11.2. The van der Waals surface area contributed by atoms with Gasteiger partial charge in [0.15, 0.2) is 0 Å². The lowest BCUT2D eigenvalue weighted by Gasteiger charge is -2.30. The molecule has 2 unspecified atom stereocenters. The number of aryl methyl sites for hydroxylation is 2. The van der Waals surface area contributed by atoms with Gasteiger partial charge in [-0.3, -0.25) is 0 Å². The minimum Gasteiger partial charge on any atom is -0.370 e. The van der Waals surface area contributed by atoms with Crippen molar-refractivity contribution in [3.63, 3.8) is 0 Å². The molecule has 0 saturated heterocycles. The second-order valence-electron chi connectivity index (χ2n) is 5.28. The molecular formula is C14H22ClN3. The van der Waals surface area contributed by atoms with E-state index in [9.17, 15) is 0 Å². The van der Waals surface area contributed by atoms with Crippen molar-refractivity contribution in [2.45, 2.75) is 39.5 Å². The van der Waals surface area contributed by atoms with E-state index >= 15 is 0 Å². The molecule has 2 atom stereocenters. The van der Waals surface area contributed by atoms with E-state index in [0.717, 1.165) is 29.8 Å². The zero-order chi connectivity index (χ0) is 13.0. The van der Waals surface area contributed by atoms with Crippen LogP contribution >= 0.6 is 11.6 Å². The van der Waals surface area contributed by atoms with E-state index in [0.29, 0.717) is 11.8 Å². The summed E-state index contributed by atoms with van der Waals surface area (Å²) in [6.07, 6.45) is 5.23. The SMILES string of the molecule is Cc1cc(NCC2CCCCC2CCl)nc(C)n1. The average Bonchev–Trinajstić information content (AvgIpc) is 2.35. The molecule has 1 aliphatic rings. The van der Waals surface area contributed by atoms with Crippen LogP contribution in [0.15, 0.2) is 6.07 Å². The molecule has 0 spiro atoms. The van der Waals surface area contributed by atoms with E-state index in [2.05, 4.69) is 15.3 Å². The van der Waals surface area contributed by atoms with Gasteiger partial charge in [-0.2, -0.15) is 0 Å². The first-order valence-electron chi connectivity index (χ1n) is 6.81. The standard InChI is InChI=1S/C14H22ClN3/c1-10-7-14(18-11(2)17-10)16-9-13-6-4-3-5-12(13)8-15/h7,12-13H,3-6,8-9H2,1-2H3,(H,16,17,18). The van der Waals surface area contributed by atoms with E-state index in [1.807, 2.05) is 19.9 Å². The summed E-state index contributed by atoms with van der Waals surface area (Å²) in [5.74, 6) is 3.91. The summed E-state index contributed by atoms with van der Waals surface area (Å²) >= 11 is 6.05. The quantitative estimate of drug-likeness (QED) is 0.848. The Bertz CT molecular complexity index is 374. The maximum atomic E-state index is 6.05. The number of aromatic nitrogens is 2. The predicted octanol–water partition coefficient (Wildman–Crippen LogP) is 3.55. The maximum absolute atomic E-state index is 6.05. The molecule has 0 aliphatic heterocycles. The largest absolute Gasteiger partial charge is 0.370 e. The van der Waals surface area contributed by atoms with Gasteiger partial charge in [0.05, 0.1) is 0 Å². The molecule has 1 saturated carbocycles. The van der Waals surface area contributed by atoms with Crippen LogP contribution in [0.2, 0.25) is 0 Å². The Morgan fingerprint density at radius 1 is 1.22 bits per heavy atom. The van der Waals surface area contributed by atoms with E-state index in [1.54, 1.807) is 0 Å². The second kappa shape index (κ2) is 6.37. The second-order valence-corrected chi connectivity index (χ2v) is 5.59. The summed E-state index contributed by atoms with van der Waals surface area (Å²) in [7, 11) is 0. The van der Waals surface area contributed by atoms with E-state index in [-0.39, 0.29) is 0 Å². The highest BCUT2D eigenvalue weighted by Crippen LogP contribution is 2.30. The van der Waals surface area contributed by atoms with E-state index in [4.69, 9.17) is 11.6 Å². The van der Waals surface area contributed by atoms with Crippen LogP contribution in [-0.2, 0) is 0 Å². The molecule has 0 aromatic carbocycles. The van der Waals surface area contributed by atoms with Gasteiger partial charge in [0.25, 0.3) is 0 Å². The van der Waals surface area contributed by atoms with Crippen LogP contribution < -0.4 is 5.32 Å². The number of nitrogens with one attached hydrogen (secondary N) is 1. The third-order valence-corrected chi connectivity index (χ3v) is 4.17. The van der Waals surface area contributed by atoms with Crippen LogP contribution in [0.3, 0.4) is 0 Å². The lowest BCUT2D eigenvalue weighted by atomic mass is 9.80. The minimum atomic E-state index is 0.664.